The van der Waals surface area contributed by atoms with Gasteiger partial charge in [-0.3, -0.25) is 9.78 Å². The molecular formula is C20H19N5O. The van der Waals surface area contributed by atoms with Crippen LogP contribution in [0.15, 0.2) is 61.6 Å². The molecule has 6 nitrogen and oxygen atoms in total. The van der Waals surface area contributed by atoms with Crippen molar-refractivity contribution in [3.05, 3.63) is 84.1 Å². The van der Waals surface area contributed by atoms with Crippen molar-refractivity contribution in [2.75, 3.05) is 10.6 Å². The largest absolute Gasteiger partial charge is 0.354 e. The average Bonchev–Trinajstić information content (AvgIpc) is 2.64. The Labute approximate surface area is 152 Å². The third-order valence-corrected chi connectivity index (χ3v) is 3.72. The van der Waals surface area contributed by atoms with Crippen LogP contribution in [0.5, 0.6) is 0 Å². The Balaban J connectivity index is 1.79. The van der Waals surface area contributed by atoms with Crippen LogP contribution in [0.25, 0.3) is 5.70 Å². The molecule has 3 aromatic rings. The number of pyridine rings is 3. The number of aryl methyl sites for hydroxylation is 2. The zero-order valence-corrected chi connectivity index (χ0v) is 14.7. The Kier molecular flexibility index (Phi) is 5.03. The van der Waals surface area contributed by atoms with E-state index in [1.807, 2.05) is 32.0 Å². The van der Waals surface area contributed by atoms with Gasteiger partial charge in [0.25, 0.3) is 5.91 Å². The lowest BCUT2D eigenvalue weighted by atomic mass is 10.2. The van der Waals surface area contributed by atoms with E-state index in [1.165, 1.54) is 0 Å². The maximum Gasteiger partial charge on any atom is 0.277 e. The molecule has 0 radical (unpaired) electrons. The highest BCUT2D eigenvalue weighted by molar-refractivity contribution is 6.06. The summed E-state index contributed by atoms with van der Waals surface area (Å²) in [6.45, 7) is 7.88. The zero-order chi connectivity index (χ0) is 18.5. The van der Waals surface area contributed by atoms with Crippen LogP contribution in [0.4, 0.5) is 11.5 Å². The summed E-state index contributed by atoms with van der Waals surface area (Å²) >= 11 is 0. The van der Waals surface area contributed by atoms with Gasteiger partial charge in [-0.05, 0) is 49.7 Å². The Morgan fingerprint density at radius 1 is 0.962 bits per heavy atom. The lowest BCUT2D eigenvalue weighted by Gasteiger charge is -2.13. The fourth-order valence-corrected chi connectivity index (χ4v) is 2.29. The third-order valence-electron chi connectivity index (χ3n) is 3.72. The number of hydrogen-bond donors (Lipinski definition) is 2. The van der Waals surface area contributed by atoms with E-state index in [0.717, 1.165) is 16.8 Å². The van der Waals surface area contributed by atoms with Crippen LogP contribution in [0.2, 0.25) is 0 Å². The first-order chi connectivity index (χ1) is 12.5. The SMILES string of the molecule is C=C(Nc1cccnc1C(=O)Nc1ccc(C)cn1)c1ccc(C)nc1. The maximum absolute atomic E-state index is 12.6. The molecule has 6 heteroatoms. The van der Waals surface area contributed by atoms with E-state index in [2.05, 4.69) is 32.2 Å². The molecule has 0 aliphatic heterocycles. The Hall–Kier alpha value is -3.54. The Morgan fingerprint density at radius 2 is 1.81 bits per heavy atom. The van der Waals surface area contributed by atoms with Crippen molar-refractivity contribution in [3.63, 3.8) is 0 Å². The van der Waals surface area contributed by atoms with E-state index < -0.39 is 0 Å². The van der Waals surface area contributed by atoms with Crippen molar-refractivity contribution in [1.82, 2.24) is 15.0 Å². The Morgan fingerprint density at radius 3 is 2.50 bits per heavy atom. The van der Waals surface area contributed by atoms with Gasteiger partial charge in [0.2, 0.25) is 0 Å². The van der Waals surface area contributed by atoms with Crippen molar-refractivity contribution in [1.29, 1.82) is 0 Å². The molecule has 3 aromatic heterocycles. The number of nitrogens with zero attached hydrogens (tertiary/aromatic N) is 3. The van der Waals surface area contributed by atoms with Crippen molar-refractivity contribution < 1.29 is 4.79 Å². The van der Waals surface area contributed by atoms with Crippen LogP contribution in [0.1, 0.15) is 27.3 Å². The van der Waals surface area contributed by atoms with Crippen LogP contribution in [0, 0.1) is 13.8 Å². The molecule has 0 saturated carbocycles. The Bertz CT molecular complexity index is 933. The average molecular weight is 345 g/mol. The van der Waals surface area contributed by atoms with Crippen molar-refractivity contribution >= 4 is 23.1 Å². The first-order valence-electron chi connectivity index (χ1n) is 8.11. The van der Waals surface area contributed by atoms with Gasteiger partial charge in [0.1, 0.15) is 5.82 Å². The smallest absolute Gasteiger partial charge is 0.277 e. The van der Waals surface area contributed by atoms with E-state index in [1.54, 1.807) is 36.8 Å². The van der Waals surface area contributed by atoms with Crippen LogP contribution in [-0.4, -0.2) is 20.9 Å². The van der Waals surface area contributed by atoms with E-state index in [4.69, 9.17) is 0 Å². The topological polar surface area (TPSA) is 79.8 Å². The second-order valence-electron chi connectivity index (χ2n) is 5.87. The molecule has 130 valence electrons. The number of carbonyl (C=O) groups is 1. The fraction of sp³-hybridized carbons (Fsp3) is 0.100. The quantitative estimate of drug-likeness (QED) is 0.735. The molecule has 1 amide bonds. The molecule has 0 bridgehead atoms. The summed E-state index contributed by atoms with van der Waals surface area (Å²) in [7, 11) is 0. The predicted octanol–water partition coefficient (Wildman–Crippen LogP) is 3.82. The standard InChI is InChI=1S/C20H19N5O/c1-13-6-9-18(23-11-13)25-20(26)19-17(5-4-10-21-19)24-15(3)16-8-7-14(2)22-12-16/h4-12,24H,3H2,1-2H3,(H,23,25,26). The summed E-state index contributed by atoms with van der Waals surface area (Å²) in [6.07, 6.45) is 5.00. The number of aromatic nitrogens is 3. The summed E-state index contributed by atoms with van der Waals surface area (Å²) in [5.41, 5.74) is 4.23. The second-order valence-corrected chi connectivity index (χ2v) is 5.87. The first kappa shape index (κ1) is 17.3. The molecule has 0 spiro atoms. The van der Waals surface area contributed by atoms with Gasteiger partial charge in [0, 0.05) is 35.5 Å². The molecular weight excluding hydrogens is 326 g/mol. The number of rotatable bonds is 5. The molecule has 0 unspecified atom stereocenters. The molecule has 3 rings (SSSR count). The predicted molar refractivity (Wildman–Crippen MR) is 103 cm³/mol. The highest BCUT2D eigenvalue weighted by Gasteiger charge is 2.14. The van der Waals surface area contributed by atoms with Crippen LogP contribution in [-0.2, 0) is 0 Å². The maximum atomic E-state index is 12.6. The minimum absolute atomic E-state index is 0.260. The number of anilines is 2. The van der Waals surface area contributed by atoms with Gasteiger partial charge >= 0.3 is 0 Å². The summed E-state index contributed by atoms with van der Waals surface area (Å²) in [4.78, 5) is 25.2. The molecule has 0 aliphatic carbocycles. The highest BCUT2D eigenvalue weighted by Crippen LogP contribution is 2.20. The van der Waals surface area contributed by atoms with Crippen molar-refractivity contribution in [3.8, 4) is 0 Å². The van der Waals surface area contributed by atoms with Gasteiger partial charge in [-0.1, -0.05) is 12.6 Å². The first-order valence-corrected chi connectivity index (χ1v) is 8.11. The number of hydrogen-bond acceptors (Lipinski definition) is 5. The van der Waals surface area contributed by atoms with Crippen molar-refractivity contribution in [2.45, 2.75) is 13.8 Å². The van der Waals surface area contributed by atoms with Crippen LogP contribution < -0.4 is 10.6 Å². The number of carbonyl (C=O) groups excluding carboxylic acids is 1. The van der Waals surface area contributed by atoms with Gasteiger partial charge in [0.15, 0.2) is 5.69 Å². The third kappa shape index (κ3) is 4.10. The minimum Gasteiger partial charge on any atom is -0.354 e. The number of nitrogens with one attached hydrogen (secondary N) is 2. The molecule has 0 atom stereocenters. The summed E-state index contributed by atoms with van der Waals surface area (Å²) in [6, 6.07) is 11.0. The van der Waals surface area contributed by atoms with E-state index >= 15 is 0 Å². The van der Waals surface area contributed by atoms with Gasteiger partial charge in [-0.25, -0.2) is 9.97 Å². The molecule has 3 heterocycles. The van der Waals surface area contributed by atoms with Crippen molar-refractivity contribution in [2.24, 2.45) is 0 Å². The fourth-order valence-electron chi connectivity index (χ4n) is 2.29. The van der Waals surface area contributed by atoms with Crippen LogP contribution in [0.3, 0.4) is 0 Å². The van der Waals surface area contributed by atoms with Gasteiger partial charge in [-0.15, -0.1) is 0 Å². The molecule has 0 aliphatic rings. The van der Waals surface area contributed by atoms with Gasteiger partial charge in [-0.2, -0.15) is 0 Å². The lowest BCUT2D eigenvalue weighted by molar-refractivity contribution is 0.102. The lowest BCUT2D eigenvalue weighted by Crippen LogP contribution is -2.17. The highest BCUT2D eigenvalue weighted by atomic mass is 16.2. The number of amides is 1. The summed E-state index contributed by atoms with van der Waals surface area (Å²) in [5, 5.41) is 5.90. The monoisotopic (exact) mass is 345 g/mol. The normalized spacial score (nSPS) is 10.2. The minimum atomic E-state index is -0.348. The van der Waals surface area contributed by atoms with Gasteiger partial charge < -0.3 is 10.6 Å². The van der Waals surface area contributed by atoms with E-state index in [0.29, 0.717) is 17.2 Å². The molecule has 0 saturated heterocycles. The molecule has 26 heavy (non-hydrogen) atoms. The molecule has 0 fully saturated rings. The van der Waals surface area contributed by atoms with Crippen LogP contribution >= 0.6 is 0 Å². The van der Waals surface area contributed by atoms with E-state index in [9.17, 15) is 4.79 Å². The molecule has 2 N–H and O–H groups in total. The summed E-state index contributed by atoms with van der Waals surface area (Å²) in [5.74, 6) is 0.123. The zero-order valence-electron chi connectivity index (χ0n) is 14.7. The second kappa shape index (κ2) is 7.57. The van der Waals surface area contributed by atoms with E-state index in [-0.39, 0.29) is 11.6 Å². The molecule has 0 aromatic carbocycles. The van der Waals surface area contributed by atoms with Gasteiger partial charge in [0.05, 0.1) is 5.69 Å². The summed E-state index contributed by atoms with van der Waals surface area (Å²) < 4.78 is 0.